The number of para-hydroxylation sites is 1. The fourth-order valence-electron chi connectivity index (χ4n) is 2.02. The molecular weight excluding hydrogens is 278 g/mol. The predicted octanol–water partition coefficient (Wildman–Crippen LogP) is 4.95. The molecule has 0 saturated carbocycles. The van der Waals surface area contributed by atoms with Gasteiger partial charge >= 0.3 is 0 Å². The molecule has 1 N–H and O–H groups in total. The number of hydrogen-bond donors (Lipinski definition) is 1. The Morgan fingerprint density at radius 1 is 1.05 bits per heavy atom. The first kappa shape index (κ1) is 15.9. The van der Waals surface area contributed by atoms with Crippen molar-refractivity contribution in [2.45, 2.75) is 25.3 Å². The minimum absolute atomic E-state index is 0.650. The third kappa shape index (κ3) is 5.10. The minimum atomic E-state index is 0.650. The van der Waals surface area contributed by atoms with Crippen LogP contribution >= 0.6 is 11.8 Å². The normalized spacial score (nSPS) is 10.9. The largest absolute Gasteiger partial charge is 0.457 e. The zero-order chi connectivity index (χ0) is 15.1. The molecule has 2 nitrogen and oxygen atoms in total. The predicted molar refractivity (Wildman–Crippen MR) is 91.3 cm³/mol. The van der Waals surface area contributed by atoms with E-state index in [0.717, 1.165) is 24.6 Å². The molecule has 0 aliphatic heterocycles. The van der Waals surface area contributed by atoms with Gasteiger partial charge in [0.2, 0.25) is 0 Å². The van der Waals surface area contributed by atoms with Crippen LogP contribution in [0.3, 0.4) is 0 Å². The zero-order valence-corrected chi connectivity index (χ0v) is 13.7. The molecule has 0 aromatic heterocycles. The van der Waals surface area contributed by atoms with E-state index >= 15 is 0 Å². The molecule has 2 aromatic carbocycles. The maximum Gasteiger partial charge on any atom is 0.131 e. The van der Waals surface area contributed by atoms with E-state index in [4.69, 9.17) is 4.74 Å². The first-order chi connectivity index (χ1) is 10.2. The van der Waals surface area contributed by atoms with Crippen molar-refractivity contribution in [3.8, 4) is 11.5 Å². The van der Waals surface area contributed by atoms with Crippen LogP contribution in [0.4, 0.5) is 0 Å². The summed E-state index contributed by atoms with van der Waals surface area (Å²) in [5.74, 6) is 2.45. The van der Waals surface area contributed by atoms with Crippen LogP contribution < -0.4 is 10.1 Å². The quantitative estimate of drug-likeness (QED) is 0.731. The second-order valence-electron chi connectivity index (χ2n) is 5.41. The summed E-state index contributed by atoms with van der Waals surface area (Å²) in [4.78, 5) is 1.24. The van der Waals surface area contributed by atoms with Gasteiger partial charge in [-0.05, 0) is 49.1 Å². The summed E-state index contributed by atoms with van der Waals surface area (Å²) in [5, 5.41) is 3.46. The number of benzene rings is 2. The van der Waals surface area contributed by atoms with Crippen molar-refractivity contribution >= 4 is 11.8 Å². The molecule has 2 aromatic rings. The lowest BCUT2D eigenvalue weighted by Crippen LogP contribution is -2.19. The number of thioether (sulfide) groups is 1. The fourth-order valence-corrected chi connectivity index (χ4v) is 2.42. The molecule has 0 atom stereocenters. The molecule has 0 radical (unpaired) electrons. The monoisotopic (exact) mass is 301 g/mol. The lowest BCUT2D eigenvalue weighted by molar-refractivity contribution is 0.469. The van der Waals surface area contributed by atoms with Crippen LogP contribution in [0.2, 0.25) is 0 Å². The smallest absolute Gasteiger partial charge is 0.131 e. The Morgan fingerprint density at radius 2 is 1.76 bits per heavy atom. The van der Waals surface area contributed by atoms with Crippen LogP contribution in [0.5, 0.6) is 11.5 Å². The van der Waals surface area contributed by atoms with Gasteiger partial charge in [-0.3, -0.25) is 0 Å². The standard InChI is InChI=1S/C18H23NOS/c1-14(2)12-19-13-15-6-4-5-7-18(15)20-16-8-10-17(21-3)11-9-16/h4-11,14,19H,12-13H2,1-3H3. The second-order valence-corrected chi connectivity index (χ2v) is 6.29. The number of rotatable bonds is 7. The molecule has 0 bridgehead atoms. The van der Waals surface area contributed by atoms with E-state index in [1.54, 1.807) is 11.8 Å². The average molecular weight is 301 g/mol. The van der Waals surface area contributed by atoms with E-state index in [-0.39, 0.29) is 0 Å². The molecule has 2 rings (SSSR count). The first-order valence-electron chi connectivity index (χ1n) is 7.29. The van der Waals surface area contributed by atoms with Gasteiger partial charge in [-0.1, -0.05) is 32.0 Å². The van der Waals surface area contributed by atoms with Gasteiger partial charge in [0.05, 0.1) is 0 Å². The maximum atomic E-state index is 6.02. The highest BCUT2D eigenvalue weighted by atomic mass is 32.2. The van der Waals surface area contributed by atoms with Gasteiger partial charge < -0.3 is 10.1 Å². The number of nitrogens with one attached hydrogen (secondary N) is 1. The van der Waals surface area contributed by atoms with Crippen molar-refractivity contribution < 1.29 is 4.74 Å². The molecule has 0 heterocycles. The van der Waals surface area contributed by atoms with Crippen molar-refractivity contribution in [3.05, 3.63) is 54.1 Å². The SMILES string of the molecule is CSc1ccc(Oc2ccccc2CNCC(C)C)cc1. The van der Waals surface area contributed by atoms with Crippen LogP contribution in [-0.4, -0.2) is 12.8 Å². The summed E-state index contributed by atoms with van der Waals surface area (Å²) in [5.41, 5.74) is 1.19. The summed E-state index contributed by atoms with van der Waals surface area (Å²) < 4.78 is 6.02. The third-order valence-electron chi connectivity index (χ3n) is 3.13. The highest BCUT2D eigenvalue weighted by molar-refractivity contribution is 7.98. The Labute approximate surface area is 131 Å². The van der Waals surface area contributed by atoms with Gasteiger partial charge in [0.25, 0.3) is 0 Å². The Bertz CT molecular complexity index is 551. The van der Waals surface area contributed by atoms with Crippen molar-refractivity contribution in [1.82, 2.24) is 5.32 Å². The molecule has 0 amide bonds. The molecule has 0 aliphatic rings. The molecule has 3 heteroatoms. The molecule has 112 valence electrons. The van der Waals surface area contributed by atoms with E-state index < -0.39 is 0 Å². The van der Waals surface area contributed by atoms with Gasteiger partial charge in [0, 0.05) is 17.0 Å². The molecule has 0 unspecified atom stereocenters. The van der Waals surface area contributed by atoms with Gasteiger partial charge in [0.15, 0.2) is 0 Å². The Balaban J connectivity index is 2.04. The number of ether oxygens (including phenoxy) is 1. The van der Waals surface area contributed by atoms with Crippen molar-refractivity contribution in [1.29, 1.82) is 0 Å². The van der Waals surface area contributed by atoms with E-state index in [9.17, 15) is 0 Å². The van der Waals surface area contributed by atoms with E-state index in [0.29, 0.717) is 5.92 Å². The first-order valence-corrected chi connectivity index (χ1v) is 8.52. The third-order valence-corrected chi connectivity index (χ3v) is 3.87. The average Bonchev–Trinajstić information content (AvgIpc) is 2.49. The molecule has 0 saturated heterocycles. The van der Waals surface area contributed by atoms with E-state index in [1.807, 2.05) is 24.3 Å². The van der Waals surface area contributed by atoms with Crippen molar-refractivity contribution in [3.63, 3.8) is 0 Å². The molecule has 0 spiro atoms. The van der Waals surface area contributed by atoms with Crippen LogP contribution in [0, 0.1) is 5.92 Å². The zero-order valence-electron chi connectivity index (χ0n) is 12.9. The summed E-state index contributed by atoms with van der Waals surface area (Å²) in [6.07, 6.45) is 2.07. The van der Waals surface area contributed by atoms with Gasteiger partial charge in [-0.15, -0.1) is 11.8 Å². The highest BCUT2D eigenvalue weighted by Gasteiger charge is 2.05. The minimum Gasteiger partial charge on any atom is -0.457 e. The van der Waals surface area contributed by atoms with E-state index in [2.05, 4.69) is 49.7 Å². The Hall–Kier alpha value is -1.45. The summed E-state index contributed by atoms with van der Waals surface area (Å²) in [7, 11) is 0. The lowest BCUT2D eigenvalue weighted by Gasteiger charge is -2.13. The Morgan fingerprint density at radius 3 is 2.43 bits per heavy atom. The maximum absolute atomic E-state index is 6.02. The van der Waals surface area contributed by atoms with Gasteiger partial charge in [-0.25, -0.2) is 0 Å². The molecule has 0 fully saturated rings. The van der Waals surface area contributed by atoms with Gasteiger partial charge in [-0.2, -0.15) is 0 Å². The van der Waals surface area contributed by atoms with Crippen molar-refractivity contribution in [2.24, 2.45) is 5.92 Å². The van der Waals surface area contributed by atoms with Crippen LogP contribution in [-0.2, 0) is 6.54 Å². The summed E-state index contributed by atoms with van der Waals surface area (Å²) >= 11 is 1.74. The van der Waals surface area contributed by atoms with E-state index in [1.165, 1.54) is 10.5 Å². The van der Waals surface area contributed by atoms with Crippen LogP contribution in [0.1, 0.15) is 19.4 Å². The molecule has 21 heavy (non-hydrogen) atoms. The van der Waals surface area contributed by atoms with Crippen LogP contribution in [0.15, 0.2) is 53.4 Å². The fraction of sp³-hybridized carbons (Fsp3) is 0.333. The summed E-state index contributed by atoms with van der Waals surface area (Å²) in [6, 6.07) is 16.4. The number of hydrogen-bond acceptors (Lipinski definition) is 3. The molecular formula is C18H23NOS. The molecule has 0 aliphatic carbocycles. The lowest BCUT2D eigenvalue weighted by atomic mass is 10.2. The van der Waals surface area contributed by atoms with Crippen molar-refractivity contribution in [2.75, 3.05) is 12.8 Å². The van der Waals surface area contributed by atoms with Crippen LogP contribution in [0.25, 0.3) is 0 Å². The highest BCUT2D eigenvalue weighted by Crippen LogP contribution is 2.27. The van der Waals surface area contributed by atoms with Gasteiger partial charge in [0.1, 0.15) is 11.5 Å². The second kappa shape index (κ2) is 8.11. The Kier molecular flexibility index (Phi) is 6.15. The summed E-state index contributed by atoms with van der Waals surface area (Å²) in [6.45, 7) is 6.26. The topological polar surface area (TPSA) is 21.3 Å².